The summed E-state index contributed by atoms with van der Waals surface area (Å²) in [6, 6.07) is -1.37. The number of halogens is 4. The number of hydrogen-bond acceptors (Lipinski definition) is 4. The molecule has 0 aromatic rings. The van der Waals surface area contributed by atoms with Crippen LogP contribution in [-0.2, 0) is 14.0 Å². The summed E-state index contributed by atoms with van der Waals surface area (Å²) in [5.41, 5.74) is 0. The molecule has 0 spiro atoms. The van der Waals surface area contributed by atoms with Crippen molar-refractivity contribution in [2.75, 3.05) is 0 Å². The molecule has 1 heterocycles. The Morgan fingerprint density at radius 2 is 1.75 bits per heavy atom. The van der Waals surface area contributed by atoms with Crippen LogP contribution >= 0.6 is 0 Å². The summed E-state index contributed by atoms with van der Waals surface area (Å²) in [7, 11) is -2.57. The van der Waals surface area contributed by atoms with Gasteiger partial charge in [-0.25, -0.2) is 4.39 Å². The maximum atomic E-state index is 14.4. The molecule has 1 saturated heterocycles. The second-order valence-corrected chi connectivity index (χ2v) is 12.3. The molecule has 24 heavy (non-hydrogen) atoms. The molecule has 5 atom stereocenters. The molecule has 10 heteroatoms. The summed E-state index contributed by atoms with van der Waals surface area (Å²) in [6.07, 6.45) is -11.5. The number of ether oxygens (including phenoxy) is 1. The van der Waals surface area contributed by atoms with Crippen molar-refractivity contribution in [3.63, 3.8) is 0 Å². The monoisotopic (exact) mass is 375 g/mol. The van der Waals surface area contributed by atoms with Gasteiger partial charge >= 0.3 is 12.1 Å². The Balaban J connectivity index is 3.10. The Hall–Kier alpha value is -0.713. The Labute approximate surface area is 139 Å². The first-order valence-electron chi connectivity index (χ1n) is 7.61. The zero-order valence-corrected chi connectivity index (χ0v) is 15.6. The van der Waals surface area contributed by atoms with Gasteiger partial charge < -0.3 is 19.6 Å². The standard InChI is InChI=1S/C14H25F4NO4Si/c1-7-9(19-12(21)14(16,17)18)10(8(15)11(20)22-7)23-24(5,6)13(2,3)4/h7-11,20H,1-6H3,(H,19,21)/t7-,8+,9-,10-,11+/m0/s1. The van der Waals surface area contributed by atoms with Gasteiger partial charge in [-0.1, -0.05) is 20.8 Å². The number of nitrogens with one attached hydrogen (secondary N) is 1. The SMILES string of the molecule is C[C@@H]1O[C@@H](O)[C@H](F)[C@H](O[Si](C)(C)C(C)(C)C)[C@H]1NC(=O)C(F)(F)F. The molecule has 1 fully saturated rings. The van der Waals surface area contributed by atoms with Crippen LogP contribution in [0.1, 0.15) is 27.7 Å². The molecule has 0 radical (unpaired) electrons. The van der Waals surface area contributed by atoms with Crippen LogP contribution in [0.3, 0.4) is 0 Å². The van der Waals surface area contributed by atoms with E-state index in [0.717, 1.165) is 0 Å². The van der Waals surface area contributed by atoms with Gasteiger partial charge in [-0.3, -0.25) is 4.79 Å². The molecule has 5 nitrogen and oxygen atoms in total. The first-order chi connectivity index (χ1) is 10.6. The number of amides is 1. The highest BCUT2D eigenvalue weighted by Crippen LogP contribution is 2.39. The predicted molar refractivity (Wildman–Crippen MR) is 81.5 cm³/mol. The lowest BCUT2D eigenvalue weighted by Gasteiger charge is -2.47. The third-order valence-electron chi connectivity index (χ3n) is 4.59. The zero-order valence-electron chi connectivity index (χ0n) is 14.6. The Bertz CT molecular complexity index is 467. The van der Waals surface area contributed by atoms with Crippen molar-refractivity contribution in [1.82, 2.24) is 5.32 Å². The van der Waals surface area contributed by atoms with Gasteiger partial charge in [0.05, 0.1) is 12.1 Å². The van der Waals surface area contributed by atoms with Crippen molar-refractivity contribution in [3.05, 3.63) is 0 Å². The lowest BCUT2D eigenvalue weighted by Crippen LogP contribution is -2.66. The average Bonchev–Trinajstić information content (AvgIpc) is 2.37. The fraction of sp³-hybridized carbons (Fsp3) is 0.929. The van der Waals surface area contributed by atoms with E-state index in [2.05, 4.69) is 0 Å². The summed E-state index contributed by atoms with van der Waals surface area (Å²) >= 11 is 0. The van der Waals surface area contributed by atoms with Crippen LogP contribution in [0.4, 0.5) is 17.6 Å². The van der Waals surface area contributed by atoms with Crippen LogP contribution in [0.15, 0.2) is 0 Å². The second kappa shape index (κ2) is 6.89. The van der Waals surface area contributed by atoms with E-state index in [1.807, 2.05) is 20.8 Å². The van der Waals surface area contributed by atoms with E-state index in [1.54, 1.807) is 18.4 Å². The topological polar surface area (TPSA) is 67.8 Å². The molecule has 0 aliphatic carbocycles. The highest BCUT2D eigenvalue weighted by molar-refractivity contribution is 6.74. The van der Waals surface area contributed by atoms with Gasteiger partial charge in [0.1, 0.15) is 6.10 Å². The van der Waals surface area contributed by atoms with Crippen molar-refractivity contribution < 1.29 is 36.6 Å². The van der Waals surface area contributed by atoms with Gasteiger partial charge in [0.25, 0.3) is 0 Å². The smallest absolute Gasteiger partial charge is 0.409 e. The van der Waals surface area contributed by atoms with Gasteiger partial charge in [-0.2, -0.15) is 13.2 Å². The Morgan fingerprint density at radius 3 is 2.17 bits per heavy atom. The van der Waals surface area contributed by atoms with Crippen molar-refractivity contribution >= 4 is 14.2 Å². The molecule has 0 aromatic carbocycles. The summed E-state index contributed by atoms with van der Waals surface area (Å²) in [5.74, 6) is -2.20. The molecule has 1 aliphatic rings. The lowest BCUT2D eigenvalue weighted by molar-refractivity contribution is -0.234. The number of carbonyl (C=O) groups excluding carboxylic acids is 1. The Kier molecular flexibility index (Phi) is 6.12. The number of alkyl halides is 4. The van der Waals surface area contributed by atoms with Crippen molar-refractivity contribution in [2.45, 2.75) is 82.7 Å². The second-order valence-electron chi connectivity index (χ2n) is 7.52. The van der Waals surface area contributed by atoms with E-state index in [9.17, 15) is 27.5 Å². The molecule has 1 aliphatic heterocycles. The minimum absolute atomic E-state index is 0.336. The van der Waals surface area contributed by atoms with Gasteiger partial charge in [-0.05, 0) is 25.1 Å². The fourth-order valence-electron chi connectivity index (χ4n) is 2.10. The molecule has 2 N–H and O–H groups in total. The highest BCUT2D eigenvalue weighted by Gasteiger charge is 2.52. The zero-order chi connectivity index (χ0) is 19.1. The molecular formula is C14H25F4NO4Si. The number of carbonyl (C=O) groups is 1. The number of aliphatic hydroxyl groups excluding tert-OH is 1. The van der Waals surface area contributed by atoms with Crippen LogP contribution in [0.5, 0.6) is 0 Å². The van der Waals surface area contributed by atoms with E-state index in [-0.39, 0.29) is 5.04 Å². The third-order valence-corrected chi connectivity index (χ3v) is 9.07. The predicted octanol–water partition coefficient (Wildman–Crippen LogP) is 2.50. The fourth-order valence-corrected chi connectivity index (χ4v) is 3.41. The van der Waals surface area contributed by atoms with E-state index in [0.29, 0.717) is 0 Å². The summed E-state index contributed by atoms with van der Waals surface area (Å²) in [4.78, 5) is 11.3. The van der Waals surface area contributed by atoms with Crippen molar-refractivity contribution in [2.24, 2.45) is 0 Å². The molecule has 142 valence electrons. The maximum Gasteiger partial charge on any atom is 0.471 e. The summed E-state index contributed by atoms with van der Waals surface area (Å²) in [5, 5.41) is 11.0. The quantitative estimate of drug-likeness (QED) is 0.588. The van der Waals surface area contributed by atoms with Gasteiger partial charge in [-0.15, -0.1) is 0 Å². The number of aliphatic hydroxyl groups is 1. The molecule has 1 amide bonds. The van der Waals surface area contributed by atoms with Gasteiger partial charge in [0, 0.05) is 0 Å². The normalized spacial score (nSPS) is 32.5. The summed E-state index contributed by atoms with van der Waals surface area (Å²) < 4.78 is 62.8. The van der Waals surface area contributed by atoms with E-state index in [1.165, 1.54) is 6.92 Å². The highest BCUT2D eigenvalue weighted by atomic mass is 28.4. The molecule has 0 bridgehead atoms. The van der Waals surface area contributed by atoms with Gasteiger partial charge in [0.15, 0.2) is 20.8 Å². The third kappa shape index (κ3) is 4.68. The lowest BCUT2D eigenvalue weighted by atomic mass is 9.98. The van der Waals surface area contributed by atoms with Gasteiger partial charge in [0.2, 0.25) is 0 Å². The largest absolute Gasteiger partial charge is 0.471 e. The molecule has 0 aromatic heterocycles. The molecule has 1 rings (SSSR count). The first-order valence-corrected chi connectivity index (χ1v) is 10.5. The Morgan fingerprint density at radius 1 is 1.25 bits per heavy atom. The average molecular weight is 375 g/mol. The molecule has 0 saturated carbocycles. The maximum absolute atomic E-state index is 14.4. The van der Waals surface area contributed by atoms with E-state index < -0.39 is 51.1 Å². The first kappa shape index (κ1) is 21.3. The number of rotatable bonds is 3. The van der Waals surface area contributed by atoms with Crippen LogP contribution in [0.2, 0.25) is 18.1 Å². The minimum atomic E-state index is -5.11. The van der Waals surface area contributed by atoms with Crippen LogP contribution < -0.4 is 5.32 Å². The van der Waals surface area contributed by atoms with Crippen LogP contribution in [-0.4, -0.2) is 56.2 Å². The van der Waals surface area contributed by atoms with E-state index >= 15 is 0 Å². The minimum Gasteiger partial charge on any atom is -0.409 e. The van der Waals surface area contributed by atoms with E-state index in [4.69, 9.17) is 9.16 Å². The molecular weight excluding hydrogens is 350 g/mol. The number of hydrogen-bond donors (Lipinski definition) is 2. The van der Waals surface area contributed by atoms with Crippen LogP contribution in [0, 0.1) is 0 Å². The van der Waals surface area contributed by atoms with Crippen LogP contribution in [0.25, 0.3) is 0 Å². The molecule has 0 unspecified atom stereocenters. The summed E-state index contributed by atoms with van der Waals surface area (Å²) in [6.45, 7) is 10.6. The van der Waals surface area contributed by atoms with Crippen molar-refractivity contribution in [3.8, 4) is 0 Å². The van der Waals surface area contributed by atoms with Crippen molar-refractivity contribution in [1.29, 1.82) is 0 Å².